The predicted octanol–water partition coefficient (Wildman–Crippen LogP) is 5.41. The van der Waals surface area contributed by atoms with E-state index in [1.54, 1.807) is 12.1 Å². The minimum Gasteiger partial charge on any atom is -0.416 e. The molecule has 0 bridgehead atoms. The zero-order valence-electron chi connectivity index (χ0n) is 15.1. The van der Waals surface area contributed by atoms with Crippen LogP contribution in [0.2, 0.25) is 5.02 Å². The molecule has 142 valence electrons. The Kier molecular flexibility index (Phi) is 5.73. The molecule has 2 heterocycles. The third kappa shape index (κ3) is 4.61. The van der Waals surface area contributed by atoms with Crippen molar-refractivity contribution in [2.24, 2.45) is 0 Å². The maximum absolute atomic E-state index is 5.90. The largest absolute Gasteiger partial charge is 0.416 e. The first-order valence-corrected chi connectivity index (χ1v) is 10.1. The molecule has 0 aliphatic carbocycles. The van der Waals surface area contributed by atoms with Crippen LogP contribution in [0, 0.1) is 0 Å². The molecule has 4 rings (SSSR count). The highest BCUT2D eigenvalue weighted by molar-refractivity contribution is 7.98. The number of thioether (sulfide) groups is 1. The maximum atomic E-state index is 5.90. The Morgan fingerprint density at radius 3 is 2.57 bits per heavy atom. The Morgan fingerprint density at radius 1 is 1.00 bits per heavy atom. The molecule has 0 amide bonds. The molecule has 28 heavy (non-hydrogen) atoms. The van der Waals surface area contributed by atoms with Crippen molar-refractivity contribution in [1.82, 2.24) is 20.3 Å². The van der Waals surface area contributed by atoms with E-state index in [0.717, 1.165) is 5.56 Å². The van der Waals surface area contributed by atoms with Gasteiger partial charge in [-0.05, 0) is 35.7 Å². The highest BCUT2D eigenvalue weighted by Gasteiger charge is 2.14. The first-order chi connectivity index (χ1) is 13.7. The van der Waals surface area contributed by atoms with E-state index in [9.17, 15) is 0 Å². The Balaban J connectivity index is 1.34. The quantitative estimate of drug-likeness (QED) is 0.375. The maximum Gasteiger partial charge on any atom is 0.277 e. The smallest absolute Gasteiger partial charge is 0.277 e. The Hall–Kier alpha value is -2.64. The number of hydrogen-bond donors (Lipinski definition) is 0. The van der Waals surface area contributed by atoms with E-state index in [0.29, 0.717) is 45.9 Å². The van der Waals surface area contributed by atoms with Crippen LogP contribution in [-0.4, -0.2) is 20.3 Å². The summed E-state index contributed by atoms with van der Waals surface area (Å²) in [7, 11) is 0. The van der Waals surface area contributed by atoms with Crippen molar-refractivity contribution >= 4 is 23.4 Å². The fraction of sp³-hybridized carbons (Fsp3) is 0.200. The van der Waals surface area contributed by atoms with Gasteiger partial charge in [-0.3, -0.25) is 0 Å². The highest BCUT2D eigenvalue weighted by Crippen LogP contribution is 2.25. The summed E-state index contributed by atoms with van der Waals surface area (Å²) in [5, 5.41) is 13.4. The molecule has 0 saturated carbocycles. The van der Waals surface area contributed by atoms with E-state index < -0.39 is 0 Å². The van der Waals surface area contributed by atoms with E-state index in [4.69, 9.17) is 20.5 Å². The average molecular weight is 413 g/mol. The summed E-state index contributed by atoms with van der Waals surface area (Å²) in [6.07, 6.45) is 0.693. The van der Waals surface area contributed by atoms with Crippen LogP contribution in [0.5, 0.6) is 0 Å². The van der Waals surface area contributed by atoms with Gasteiger partial charge in [0.15, 0.2) is 0 Å². The van der Waals surface area contributed by atoms with Gasteiger partial charge in [0.1, 0.15) is 0 Å². The van der Waals surface area contributed by atoms with Gasteiger partial charge >= 0.3 is 0 Å². The summed E-state index contributed by atoms with van der Waals surface area (Å²) in [6, 6.07) is 17.6. The van der Waals surface area contributed by atoms with Crippen LogP contribution < -0.4 is 0 Å². The molecule has 0 spiro atoms. The Labute approximate surface area is 171 Å². The van der Waals surface area contributed by atoms with Crippen LogP contribution in [0.25, 0.3) is 11.4 Å². The third-order valence-corrected chi connectivity index (χ3v) is 5.24. The van der Waals surface area contributed by atoms with Gasteiger partial charge in [0.05, 0.1) is 5.75 Å². The minimum atomic E-state index is 0.303. The summed E-state index contributed by atoms with van der Waals surface area (Å²) >= 11 is 7.27. The van der Waals surface area contributed by atoms with E-state index in [2.05, 4.69) is 39.4 Å². The average Bonchev–Trinajstić information content (AvgIpc) is 3.37. The van der Waals surface area contributed by atoms with E-state index in [1.807, 2.05) is 30.3 Å². The molecule has 0 aliphatic rings. The Morgan fingerprint density at radius 2 is 1.79 bits per heavy atom. The Bertz CT molecular complexity index is 1030. The first kappa shape index (κ1) is 18.7. The standard InChI is InChI=1S/C20H17ClN4O2S/c1-13(14-5-3-2-4-6-14)11-17-23-24-20(26-17)28-12-18-22-19(25-27-18)15-7-9-16(21)10-8-15/h2-10,13H,11-12H2,1H3. The molecule has 0 radical (unpaired) electrons. The number of hydrogen-bond acceptors (Lipinski definition) is 7. The lowest BCUT2D eigenvalue weighted by Gasteiger charge is -2.08. The fourth-order valence-corrected chi connectivity index (χ4v) is 3.44. The van der Waals surface area contributed by atoms with Gasteiger partial charge in [-0.2, -0.15) is 4.98 Å². The number of halogens is 1. The van der Waals surface area contributed by atoms with E-state index in [1.165, 1.54) is 17.3 Å². The summed E-state index contributed by atoms with van der Waals surface area (Å²) in [5.74, 6) is 2.39. The molecule has 0 N–H and O–H groups in total. The van der Waals surface area contributed by atoms with Crippen LogP contribution >= 0.6 is 23.4 Å². The lowest BCUT2D eigenvalue weighted by molar-refractivity contribution is 0.388. The molecular weight excluding hydrogens is 396 g/mol. The zero-order valence-corrected chi connectivity index (χ0v) is 16.7. The predicted molar refractivity (Wildman–Crippen MR) is 107 cm³/mol. The molecule has 8 heteroatoms. The molecule has 6 nitrogen and oxygen atoms in total. The monoisotopic (exact) mass is 412 g/mol. The van der Waals surface area contributed by atoms with Crippen molar-refractivity contribution in [2.75, 3.05) is 0 Å². The third-order valence-electron chi connectivity index (χ3n) is 4.19. The topological polar surface area (TPSA) is 77.8 Å². The summed E-state index contributed by atoms with van der Waals surface area (Å²) in [4.78, 5) is 4.39. The van der Waals surface area contributed by atoms with Gasteiger partial charge in [-0.1, -0.05) is 65.8 Å². The number of nitrogens with zero attached hydrogens (tertiary/aromatic N) is 4. The zero-order chi connectivity index (χ0) is 19.3. The number of aromatic nitrogens is 4. The van der Waals surface area contributed by atoms with Crippen LogP contribution in [0.1, 0.15) is 30.2 Å². The van der Waals surface area contributed by atoms with Gasteiger partial charge < -0.3 is 8.94 Å². The van der Waals surface area contributed by atoms with Crippen LogP contribution in [0.3, 0.4) is 0 Å². The molecule has 2 aromatic heterocycles. The molecule has 2 aromatic carbocycles. The van der Waals surface area contributed by atoms with Gasteiger partial charge in [-0.25, -0.2) is 0 Å². The van der Waals surface area contributed by atoms with Gasteiger partial charge in [0.2, 0.25) is 17.6 Å². The van der Waals surface area contributed by atoms with Crippen molar-refractivity contribution in [3.8, 4) is 11.4 Å². The summed E-state index contributed by atoms with van der Waals surface area (Å²) in [5.41, 5.74) is 2.09. The normalized spacial score (nSPS) is 12.2. The molecular formula is C20H17ClN4O2S. The molecule has 0 fully saturated rings. The van der Waals surface area contributed by atoms with Gasteiger partial charge in [0, 0.05) is 17.0 Å². The van der Waals surface area contributed by atoms with Crippen LogP contribution in [0.4, 0.5) is 0 Å². The number of rotatable bonds is 7. The summed E-state index contributed by atoms with van der Waals surface area (Å²) < 4.78 is 11.0. The van der Waals surface area contributed by atoms with Crippen molar-refractivity contribution in [1.29, 1.82) is 0 Å². The second-order valence-electron chi connectivity index (χ2n) is 6.28. The molecule has 0 saturated heterocycles. The SMILES string of the molecule is CC(Cc1nnc(SCc2nc(-c3ccc(Cl)cc3)no2)o1)c1ccccc1. The van der Waals surface area contributed by atoms with Crippen molar-refractivity contribution in [3.05, 3.63) is 77.0 Å². The van der Waals surface area contributed by atoms with Crippen LogP contribution in [0.15, 0.2) is 68.8 Å². The van der Waals surface area contributed by atoms with Gasteiger partial charge in [-0.15, -0.1) is 10.2 Å². The minimum absolute atomic E-state index is 0.303. The van der Waals surface area contributed by atoms with Crippen LogP contribution in [-0.2, 0) is 12.2 Å². The number of benzene rings is 2. The fourth-order valence-electron chi connectivity index (χ4n) is 2.69. The second kappa shape index (κ2) is 8.58. The first-order valence-electron chi connectivity index (χ1n) is 8.76. The van der Waals surface area contributed by atoms with Crippen molar-refractivity contribution in [2.45, 2.75) is 30.2 Å². The van der Waals surface area contributed by atoms with Crippen molar-refractivity contribution in [3.63, 3.8) is 0 Å². The lowest BCUT2D eigenvalue weighted by atomic mass is 9.98. The molecule has 1 unspecified atom stereocenters. The van der Waals surface area contributed by atoms with Crippen molar-refractivity contribution < 1.29 is 8.94 Å². The molecule has 1 atom stereocenters. The molecule has 0 aliphatic heterocycles. The van der Waals surface area contributed by atoms with E-state index >= 15 is 0 Å². The summed E-state index contributed by atoms with van der Waals surface area (Å²) in [6.45, 7) is 2.14. The van der Waals surface area contributed by atoms with Gasteiger partial charge in [0.25, 0.3) is 5.22 Å². The highest BCUT2D eigenvalue weighted by atomic mass is 35.5. The lowest BCUT2D eigenvalue weighted by Crippen LogP contribution is -1.98. The second-order valence-corrected chi connectivity index (χ2v) is 7.65. The van der Waals surface area contributed by atoms with E-state index in [-0.39, 0.29) is 0 Å². The molecule has 4 aromatic rings.